The normalized spacial score (nSPS) is 18.3. The molecule has 3 aliphatic rings. The van der Waals surface area contributed by atoms with Gasteiger partial charge in [-0.1, -0.05) is 24.8 Å². The monoisotopic (exact) mass is 564 g/mol. The number of hydrogen-bond acceptors (Lipinski definition) is 7. The molecule has 1 amide bonds. The van der Waals surface area contributed by atoms with Gasteiger partial charge < -0.3 is 19.9 Å². The van der Waals surface area contributed by atoms with Gasteiger partial charge >= 0.3 is 6.18 Å². The van der Waals surface area contributed by atoms with Crippen LogP contribution in [0.3, 0.4) is 0 Å². The SMILES string of the molecule is C=C(C)N1CC2(C1)CN(c1ccc(CNC(=O)C3(c4ccc(OCc5ccc(C(F)(F)F)nc5)nn4)CC3)cc1)C2. The topological polar surface area (TPSA) is 83.5 Å². The molecule has 41 heavy (non-hydrogen) atoms. The van der Waals surface area contributed by atoms with Crippen LogP contribution in [0.25, 0.3) is 0 Å². The van der Waals surface area contributed by atoms with E-state index in [9.17, 15) is 18.0 Å². The number of allylic oxidation sites excluding steroid dienone is 1. The minimum atomic E-state index is -4.49. The van der Waals surface area contributed by atoms with E-state index in [1.807, 2.05) is 0 Å². The van der Waals surface area contributed by atoms with E-state index in [2.05, 4.69) is 68.1 Å². The zero-order valence-corrected chi connectivity index (χ0v) is 22.7. The Morgan fingerprint density at radius 3 is 2.27 bits per heavy atom. The first kappa shape index (κ1) is 27.0. The first-order chi connectivity index (χ1) is 19.6. The van der Waals surface area contributed by atoms with E-state index in [1.165, 1.54) is 11.8 Å². The predicted molar refractivity (Wildman–Crippen MR) is 146 cm³/mol. The Balaban J connectivity index is 0.975. The van der Waals surface area contributed by atoms with Crippen molar-refractivity contribution in [3.05, 3.63) is 89.5 Å². The summed E-state index contributed by atoms with van der Waals surface area (Å²) < 4.78 is 43.6. The Bertz CT molecular complexity index is 1420. The molecule has 214 valence electrons. The van der Waals surface area contributed by atoms with Crippen LogP contribution in [-0.4, -0.2) is 52.2 Å². The fourth-order valence-corrected chi connectivity index (χ4v) is 5.57. The Morgan fingerprint density at radius 1 is 1.00 bits per heavy atom. The highest BCUT2D eigenvalue weighted by Crippen LogP contribution is 2.47. The first-order valence-corrected chi connectivity index (χ1v) is 13.6. The summed E-state index contributed by atoms with van der Waals surface area (Å²) in [5, 5.41) is 11.3. The molecular formula is C30H31F3N6O2. The van der Waals surface area contributed by atoms with Crippen molar-refractivity contribution in [1.82, 2.24) is 25.4 Å². The molecule has 2 aliphatic heterocycles. The Kier molecular flexibility index (Phi) is 6.62. The van der Waals surface area contributed by atoms with Gasteiger partial charge in [-0.25, -0.2) is 0 Å². The first-order valence-electron chi connectivity index (χ1n) is 13.6. The molecule has 3 fully saturated rings. The molecular weight excluding hydrogens is 533 g/mol. The molecule has 4 heterocycles. The van der Waals surface area contributed by atoms with E-state index < -0.39 is 17.3 Å². The number of alkyl halides is 3. The zero-order chi connectivity index (χ0) is 28.8. The fraction of sp³-hybridized carbons (Fsp3) is 0.400. The summed E-state index contributed by atoms with van der Waals surface area (Å²) in [6, 6.07) is 13.9. The molecule has 0 atom stereocenters. The highest BCUT2D eigenvalue weighted by molar-refractivity contribution is 5.90. The maximum atomic E-state index is 13.1. The number of anilines is 1. The molecule has 8 nitrogen and oxygen atoms in total. The number of amides is 1. The number of nitrogens with zero attached hydrogens (tertiary/aromatic N) is 5. The van der Waals surface area contributed by atoms with Gasteiger partial charge in [-0.15, -0.1) is 5.10 Å². The van der Waals surface area contributed by atoms with Gasteiger partial charge in [-0.2, -0.15) is 18.3 Å². The van der Waals surface area contributed by atoms with Crippen LogP contribution in [0.2, 0.25) is 0 Å². The maximum absolute atomic E-state index is 13.1. The van der Waals surface area contributed by atoms with Crippen molar-refractivity contribution in [2.75, 3.05) is 31.1 Å². The third kappa shape index (κ3) is 5.45. The van der Waals surface area contributed by atoms with E-state index in [4.69, 9.17) is 4.74 Å². The summed E-state index contributed by atoms with van der Waals surface area (Å²) in [6.07, 6.45) is -2.00. The number of nitrogens with one attached hydrogen (secondary N) is 1. The van der Waals surface area contributed by atoms with Crippen LogP contribution >= 0.6 is 0 Å². The lowest BCUT2D eigenvalue weighted by molar-refractivity contribution is -0.141. The van der Waals surface area contributed by atoms with Gasteiger partial charge in [0, 0.05) is 67.3 Å². The van der Waals surface area contributed by atoms with Crippen LogP contribution in [-0.2, 0) is 29.5 Å². The second-order valence-electron chi connectivity index (χ2n) is 11.5. The van der Waals surface area contributed by atoms with Crippen LogP contribution in [0.15, 0.2) is 67.0 Å². The van der Waals surface area contributed by atoms with E-state index in [1.54, 1.807) is 12.1 Å². The number of likely N-dealkylation sites (tertiary alicyclic amines) is 1. The third-order valence-electron chi connectivity index (χ3n) is 8.22. The second kappa shape index (κ2) is 10.0. The number of carbonyl (C=O) groups is 1. The summed E-state index contributed by atoms with van der Waals surface area (Å²) in [6.45, 7) is 10.8. The Hall–Kier alpha value is -4.15. The highest BCUT2D eigenvalue weighted by Gasteiger charge is 2.53. The fourth-order valence-electron chi connectivity index (χ4n) is 5.57. The summed E-state index contributed by atoms with van der Waals surface area (Å²) in [5.41, 5.74) is 3.15. The average Bonchev–Trinajstić information content (AvgIpc) is 3.72. The van der Waals surface area contributed by atoms with Crippen LogP contribution < -0.4 is 15.0 Å². The number of ether oxygens (including phenoxy) is 1. The van der Waals surface area contributed by atoms with Gasteiger partial charge in [0.05, 0.1) is 11.1 Å². The van der Waals surface area contributed by atoms with Crippen molar-refractivity contribution < 1.29 is 22.7 Å². The van der Waals surface area contributed by atoms with E-state index >= 15 is 0 Å². The number of aromatic nitrogens is 3. The minimum Gasteiger partial charge on any atom is -0.472 e. The van der Waals surface area contributed by atoms with Gasteiger partial charge in [0.1, 0.15) is 12.3 Å². The number of halogens is 3. The van der Waals surface area contributed by atoms with Crippen molar-refractivity contribution in [1.29, 1.82) is 0 Å². The lowest BCUT2D eigenvalue weighted by Crippen LogP contribution is -2.71. The Morgan fingerprint density at radius 2 is 1.71 bits per heavy atom. The molecule has 2 aromatic heterocycles. The quantitative estimate of drug-likeness (QED) is 0.411. The summed E-state index contributed by atoms with van der Waals surface area (Å²) >= 11 is 0. The molecule has 1 spiro atoms. The van der Waals surface area contributed by atoms with Gasteiger partial charge in [-0.3, -0.25) is 9.78 Å². The summed E-state index contributed by atoms with van der Waals surface area (Å²) in [7, 11) is 0. The van der Waals surface area contributed by atoms with Crippen LogP contribution in [0.1, 0.15) is 42.3 Å². The van der Waals surface area contributed by atoms with Crippen LogP contribution in [0, 0.1) is 5.41 Å². The van der Waals surface area contributed by atoms with Crippen molar-refractivity contribution in [2.45, 2.75) is 44.5 Å². The lowest BCUT2D eigenvalue weighted by Gasteiger charge is -2.61. The van der Waals surface area contributed by atoms with Crippen molar-refractivity contribution >= 4 is 11.6 Å². The minimum absolute atomic E-state index is 0.00414. The Labute approximate surface area is 236 Å². The maximum Gasteiger partial charge on any atom is 0.433 e. The van der Waals surface area contributed by atoms with Crippen molar-refractivity contribution in [3.63, 3.8) is 0 Å². The second-order valence-corrected chi connectivity index (χ2v) is 11.5. The summed E-state index contributed by atoms with van der Waals surface area (Å²) in [4.78, 5) is 21.2. The van der Waals surface area contributed by atoms with E-state index in [-0.39, 0.29) is 18.4 Å². The number of benzene rings is 1. The van der Waals surface area contributed by atoms with Gasteiger partial charge in [0.25, 0.3) is 0 Å². The molecule has 3 aromatic rings. The molecule has 1 saturated carbocycles. The summed E-state index contributed by atoms with van der Waals surface area (Å²) in [5.74, 6) is 0.126. The molecule has 0 bridgehead atoms. The molecule has 2 saturated heterocycles. The number of pyridine rings is 1. The molecule has 0 radical (unpaired) electrons. The standard InChI is InChI=1S/C30H31F3N6O2/c1-20(2)38-16-28(17-38)18-39(19-28)23-6-3-21(4-7-23)13-35-27(40)29(11-12-29)24-9-10-26(37-36-24)41-15-22-5-8-25(34-14-22)30(31,32)33/h3-10,14H,1,11-13,15-19H2,2H3,(H,35,40). The largest absolute Gasteiger partial charge is 0.472 e. The zero-order valence-electron chi connectivity index (χ0n) is 22.7. The predicted octanol–water partition coefficient (Wildman–Crippen LogP) is 4.47. The van der Waals surface area contributed by atoms with E-state index in [0.717, 1.165) is 49.7 Å². The molecule has 1 aromatic carbocycles. The molecule has 1 N–H and O–H groups in total. The molecule has 6 rings (SSSR count). The number of rotatable bonds is 9. The highest BCUT2D eigenvalue weighted by atomic mass is 19.4. The van der Waals surface area contributed by atoms with Gasteiger partial charge in [0.2, 0.25) is 11.8 Å². The number of hydrogen-bond donors (Lipinski definition) is 1. The molecule has 0 unspecified atom stereocenters. The third-order valence-corrected chi connectivity index (χ3v) is 8.22. The number of carbonyl (C=O) groups excluding carboxylic acids is 1. The van der Waals surface area contributed by atoms with Crippen LogP contribution in [0.4, 0.5) is 18.9 Å². The average molecular weight is 565 g/mol. The smallest absolute Gasteiger partial charge is 0.433 e. The van der Waals surface area contributed by atoms with Gasteiger partial charge in [0.15, 0.2) is 0 Å². The van der Waals surface area contributed by atoms with Crippen molar-refractivity contribution in [3.8, 4) is 5.88 Å². The lowest BCUT2D eigenvalue weighted by atomic mass is 9.72. The van der Waals surface area contributed by atoms with E-state index in [0.29, 0.717) is 36.1 Å². The van der Waals surface area contributed by atoms with Crippen molar-refractivity contribution in [2.24, 2.45) is 5.41 Å². The van der Waals surface area contributed by atoms with Crippen LogP contribution in [0.5, 0.6) is 5.88 Å². The molecule has 11 heteroatoms. The molecule has 1 aliphatic carbocycles. The van der Waals surface area contributed by atoms with Gasteiger partial charge in [-0.05, 0) is 49.6 Å².